The second kappa shape index (κ2) is 4.86. The molecule has 1 fully saturated rings. The van der Waals surface area contributed by atoms with Crippen molar-refractivity contribution in [2.45, 2.75) is 37.8 Å². The molecule has 1 amide bonds. The van der Waals surface area contributed by atoms with Crippen LogP contribution < -0.4 is 10.6 Å². The van der Waals surface area contributed by atoms with Crippen LogP contribution in [0.2, 0.25) is 0 Å². The van der Waals surface area contributed by atoms with Gasteiger partial charge in [0.05, 0.1) is 0 Å². The van der Waals surface area contributed by atoms with Crippen LogP contribution in [0.25, 0.3) is 0 Å². The van der Waals surface area contributed by atoms with Crippen LogP contribution in [0.3, 0.4) is 0 Å². The summed E-state index contributed by atoms with van der Waals surface area (Å²) in [6.45, 7) is 0. The van der Waals surface area contributed by atoms with Gasteiger partial charge in [-0.15, -0.1) is 12.4 Å². The molecule has 1 heterocycles. The van der Waals surface area contributed by atoms with E-state index in [1.807, 2.05) is 0 Å². The molecule has 0 aromatic heterocycles. The third kappa shape index (κ3) is 1.89. The zero-order valence-corrected chi connectivity index (χ0v) is 10.8. The first-order valence-corrected chi connectivity index (χ1v) is 6.06. The number of rotatable bonds is 1. The lowest BCUT2D eigenvalue weighted by Gasteiger charge is -2.24. The van der Waals surface area contributed by atoms with Crippen molar-refractivity contribution in [3.8, 4) is 0 Å². The number of carbonyl (C=O) groups is 1. The summed E-state index contributed by atoms with van der Waals surface area (Å²) in [5, 5.41) is 0. The summed E-state index contributed by atoms with van der Waals surface area (Å²) in [5.74, 6) is -0.419. The Labute approximate surface area is 112 Å². The second-order valence-corrected chi connectivity index (χ2v) is 4.83. The first-order valence-electron chi connectivity index (χ1n) is 6.06. The molecule has 2 N–H and O–H groups in total. The third-order valence-corrected chi connectivity index (χ3v) is 3.78. The molecule has 3 rings (SSSR count). The predicted octanol–water partition coefficient (Wildman–Crippen LogP) is 2.54. The normalized spacial score (nSPS) is 23.1. The summed E-state index contributed by atoms with van der Waals surface area (Å²) in [7, 11) is 0. The molecule has 0 radical (unpaired) electrons. The lowest BCUT2D eigenvalue weighted by Crippen LogP contribution is -2.38. The van der Waals surface area contributed by atoms with Gasteiger partial charge in [-0.2, -0.15) is 0 Å². The van der Waals surface area contributed by atoms with Gasteiger partial charge in [0.25, 0.3) is 0 Å². The molecule has 1 saturated carbocycles. The zero-order valence-electron chi connectivity index (χ0n) is 9.93. The maximum Gasteiger partial charge on any atom is 0.248 e. The second-order valence-electron chi connectivity index (χ2n) is 4.83. The molecule has 1 aliphatic carbocycles. The number of halogens is 2. The van der Waals surface area contributed by atoms with E-state index < -0.39 is 6.04 Å². The first kappa shape index (κ1) is 13.3. The summed E-state index contributed by atoms with van der Waals surface area (Å²) in [4.78, 5) is 13.9. The number of hydrogen-bond donors (Lipinski definition) is 1. The molecule has 5 heteroatoms. The highest BCUT2D eigenvalue weighted by atomic mass is 35.5. The summed E-state index contributed by atoms with van der Waals surface area (Å²) in [6, 6.07) is 4.01. The molecule has 1 aromatic rings. The Morgan fingerprint density at radius 1 is 1.28 bits per heavy atom. The molecule has 0 bridgehead atoms. The van der Waals surface area contributed by atoms with Crippen molar-refractivity contribution in [2.75, 3.05) is 4.90 Å². The third-order valence-electron chi connectivity index (χ3n) is 3.78. The fourth-order valence-electron chi connectivity index (χ4n) is 2.93. The minimum atomic E-state index is -0.693. The lowest BCUT2D eigenvalue weighted by molar-refractivity contribution is -0.119. The zero-order chi connectivity index (χ0) is 12.0. The first-order chi connectivity index (χ1) is 8.18. The Morgan fingerprint density at radius 2 is 1.94 bits per heavy atom. The van der Waals surface area contributed by atoms with Crippen molar-refractivity contribution in [3.05, 3.63) is 29.6 Å². The van der Waals surface area contributed by atoms with E-state index in [1.165, 1.54) is 12.1 Å². The molecule has 18 heavy (non-hydrogen) atoms. The van der Waals surface area contributed by atoms with Crippen molar-refractivity contribution in [1.82, 2.24) is 0 Å². The number of nitrogens with zero attached hydrogens (tertiary/aromatic N) is 1. The molecule has 1 atom stereocenters. The van der Waals surface area contributed by atoms with Crippen LogP contribution >= 0.6 is 12.4 Å². The number of nitrogens with two attached hydrogens (primary N) is 1. The number of anilines is 1. The van der Waals surface area contributed by atoms with Gasteiger partial charge in [-0.25, -0.2) is 4.39 Å². The topological polar surface area (TPSA) is 46.3 Å². The molecule has 0 saturated heterocycles. The Bertz CT molecular complexity index is 474. The number of fused-ring (bicyclic) bond motifs is 1. The summed E-state index contributed by atoms with van der Waals surface area (Å²) in [6.07, 6.45) is 4.35. The standard InChI is InChI=1S/C13H15FN2O.ClH/c14-8-5-6-11-10(7-8)12(15)13(17)16(11)9-3-1-2-4-9;/h5-7,9,12H,1-4,15H2;1H. The highest BCUT2D eigenvalue weighted by Gasteiger charge is 2.39. The van der Waals surface area contributed by atoms with Gasteiger partial charge in [-0.05, 0) is 31.0 Å². The highest BCUT2D eigenvalue weighted by Crippen LogP contribution is 2.39. The largest absolute Gasteiger partial charge is 0.316 e. The minimum absolute atomic E-state index is 0. The van der Waals surface area contributed by atoms with Crippen LogP contribution in [-0.2, 0) is 4.79 Å². The number of benzene rings is 1. The van der Waals surface area contributed by atoms with Gasteiger partial charge in [0.15, 0.2) is 0 Å². The van der Waals surface area contributed by atoms with Gasteiger partial charge >= 0.3 is 0 Å². The van der Waals surface area contributed by atoms with Crippen molar-refractivity contribution in [1.29, 1.82) is 0 Å². The van der Waals surface area contributed by atoms with Crippen LogP contribution in [0.1, 0.15) is 37.3 Å². The quantitative estimate of drug-likeness (QED) is 0.852. The molecular weight excluding hydrogens is 255 g/mol. The van der Waals surface area contributed by atoms with E-state index in [0.717, 1.165) is 31.4 Å². The molecule has 0 spiro atoms. The molecular formula is C13H16ClFN2O. The summed E-state index contributed by atoms with van der Waals surface area (Å²) >= 11 is 0. The maximum absolute atomic E-state index is 13.2. The van der Waals surface area contributed by atoms with Crippen molar-refractivity contribution in [3.63, 3.8) is 0 Å². The number of hydrogen-bond acceptors (Lipinski definition) is 2. The Kier molecular flexibility index (Phi) is 3.59. The average Bonchev–Trinajstić information content (AvgIpc) is 2.90. The maximum atomic E-state index is 13.2. The van der Waals surface area contributed by atoms with E-state index in [4.69, 9.17) is 5.73 Å². The Balaban J connectivity index is 0.00000120. The number of amides is 1. The molecule has 2 aliphatic rings. The van der Waals surface area contributed by atoms with Gasteiger partial charge in [0, 0.05) is 17.3 Å². The van der Waals surface area contributed by atoms with E-state index in [1.54, 1.807) is 11.0 Å². The SMILES string of the molecule is Cl.NC1C(=O)N(C2CCCC2)c2ccc(F)cc21. The van der Waals surface area contributed by atoms with E-state index in [-0.39, 0.29) is 30.2 Å². The van der Waals surface area contributed by atoms with Crippen LogP contribution in [-0.4, -0.2) is 11.9 Å². The monoisotopic (exact) mass is 270 g/mol. The Hall–Kier alpha value is -1.13. The van der Waals surface area contributed by atoms with Crippen molar-refractivity contribution in [2.24, 2.45) is 5.73 Å². The highest BCUT2D eigenvalue weighted by molar-refractivity contribution is 6.05. The van der Waals surface area contributed by atoms with Crippen LogP contribution in [0.15, 0.2) is 18.2 Å². The van der Waals surface area contributed by atoms with Gasteiger partial charge in [-0.3, -0.25) is 4.79 Å². The van der Waals surface area contributed by atoms with Crippen LogP contribution in [0.5, 0.6) is 0 Å². The van der Waals surface area contributed by atoms with E-state index in [9.17, 15) is 9.18 Å². The number of carbonyl (C=O) groups excluding carboxylic acids is 1. The van der Waals surface area contributed by atoms with Gasteiger partial charge in [0.2, 0.25) is 5.91 Å². The Morgan fingerprint density at radius 3 is 2.61 bits per heavy atom. The van der Waals surface area contributed by atoms with Crippen LogP contribution in [0.4, 0.5) is 10.1 Å². The lowest BCUT2D eigenvalue weighted by atomic mass is 10.1. The van der Waals surface area contributed by atoms with E-state index in [2.05, 4.69) is 0 Å². The fraction of sp³-hybridized carbons (Fsp3) is 0.462. The average molecular weight is 271 g/mol. The molecule has 1 unspecified atom stereocenters. The molecule has 98 valence electrons. The van der Waals surface area contributed by atoms with E-state index >= 15 is 0 Å². The summed E-state index contributed by atoms with van der Waals surface area (Å²) in [5.41, 5.74) is 7.29. The van der Waals surface area contributed by atoms with Gasteiger partial charge in [-0.1, -0.05) is 12.8 Å². The van der Waals surface area contributed by atoms with Crippen LogP contribution in [0, 0.1) is 5.82 Å². The minimum Gasteiger partial charge on any atom is -0.316 e. The van der Waals surface area contributed by atoms with E-state index in [0.29, 0.717) is 5.56 Å². The van der Waals surface area contributed by atoms with Crippen molar-refractivity contribution >= 4 is 24.0 Å². The molecule has 1 aromatic carbocycles. The molecule has 1 aliphatic heterocycles. The molecule has 3 nitrogen and oxygen atoms in total. The smallest absolute Gasteiger partial charge is 0.248 e. The van der Waals surface area contributed by atoms with Gasteiger partial charge < -0.3 is 10.6 Å². The van der Waals surface area contributed by atoms with Crippen molar-refractivity contribution < 1.29 is 9.18 Å². The fourth-order valence-corrected chi connectivity index (χ4v) is 2.93. The summed E-state index contributed by atoms with van der Waals surface area (Å²) < 4.78 is 13.2. The predicted molar refractivity (Wildman–Crippen MR) is 70.3 cm³/mol. The van der Waals surface area contributed by atoms with Gasteiger partial charge in [0.1, 0.15) is 11.9 Å².